The van der Waals surface area contributed by atoms with Crippen molar-refractivity contribution in [3.63, 3.8) is 0 Å². The van der Waals surface area contributed by atoms with Gasteiger partial charge in [-0.1, -0.05) is 39.0 Å². The van der Waals surface area contributed by atoms with E-state index in [1.54, 1.807) is 24.3 Å². The van der Waals surface area contributed by atoms with Gasteiger partial charge in [-0.25, -0.2) is 4.79 Å². The van der Waals surface area contributed by atoms with Crippen LogP contribution in [0.25, 0.3) is 0 Å². The lowest BCUT2D eigenvalue weighted by Gasteiger charge is -2.21. The molecule has 0 saturated heterocycles. The molecular weight excluding hydrogens is 218 g/mol. The number of nitrogens with zero attached hydrogens (tertiary/aromatic N) is 1. The highest BCUT2D eigenvalue weighted by atomic mass is 16.6. The molecule has 4 heteroatoms. The molecule has 0 saturated carbocycles. The average molecular weight is 237 g/mol. The third-order valence-corrected chi connectivity index (χ3v) is 2.23. The van der Waals surface area contributed by atoms with E-state index in [0.717, 1.165) is 0 Å². The minimum Gasteiger partial charge on any atom is -0.409 e. The zero-order valence-corrected chi connectivity index (χ0v) is 10.5. The van der Waals surface area contributed by atoms with Crippen LogP contribution in [-0.4, -0.2) is 22.9 Å². The van der Waals surface area contributed by atoms with Crippen molar-refractivity contribution in [2.45, 2.75) is 27.2 Å². The Kier molecular flexibility index (Phi) is 4.52. The summed E-state index contributed by atoms with van der Waals surface area (Å²) in [4.78, 5) is 11.5. The van der Waals surface area contributed by atoms with E-state index in [4.69, 9.17) is 4.74 Å². The molecule has 0 fully saturated rings. The van der Waals surface area contributed by atoms with Crippen LogP contribution in [-0.2, 0) is 0 Å². The van der Waals surface area contributed by atoms with Crippen molar-refractivity contribution in [3.8, 4) is 5.75 Å². The molecule has 0 atom stereocenters. The molecule has 0 radical (unpaired) electrons. The number of ether oxygens (including phenoxy) is 1. The van der Waals surface area contributed by atoms with Crippen LogP contribution in [0.4, 0.5) is 4.79 Å². The SMILES string of the molecule is CC(C)(C)CCN(O)C(=O)Oc1ccccc1. The highest BCUT2D eigenvalue weighted by Crippen LogP contribution is 2.18. The van der Waals surface area contributed by atoms with Gasteiger partial charge < -0.3 is 4.74 Å². The van der Waals surface area contributed by atoms with Gasteiger partial charge in [-0.2, -0.15) is 5.06 Å². The Morgan fingerprint density at radius 2 is 1.88 bits per heavy atom. The van der Waals surface area contributed by atoms with Gasteiger partial charge in [0.15, 0.2) is 0 Å². The first-order valence-electron chi connectivity index (χ1n) is 5.62. The highest BCUT2D eigenvalue weighted by Gasteiger charge is 2.17. The average Bonchev–Trinajstić information content (AvgIpc) is 2.26. The fourth-order valence-electron chi connectivity index (χ4n) is 1.17. The van der Waals surface area contributed by atoms with Crippen molar-refractivity contribution in [1.82, 2.24) is 5.06 Å². The topological polar surface area (TPSA) is 49.8 Å². The van der Waals surface area contributed by atoms with Gasteiger partial charge in [0.2, 0.25) is 0 Å². The summed E-state index contributed by atoms with van der Waals surface area (Å²) in [5.74, 6) is 0.423. The van der Waals surface area contributed by atoms with Crippen LogP contribution in [0.1, 0.15) is 27.2 Å². The third kappa shape index (κ3) is 5.36. The van der Waals surface area contributed by atoms with Crippen molar-refractivity contribution in [1.29, 1.82) is 0 Å². The quantitative estimate of drug-likeness (QED) is 0.648. The first-order valence-corrected chi connectivity index (χ1v) is 5.62. The number of hydrogen-bond donors (Lipinski definition) is 1. The monoisotopic (exact) mass is 237 g/mol. The summed E-state index contributed by atoms with van der Waals surface area (Å²) in [5.41, 5.74) is 0.0635. The second-order valence-electron chi connectivity index (χ2n) is 5.11. The summed E-state index contributed by atoms with van der Waals surface area (Å²) >= 11 is 0. The lowest BCUT2D eigenvalue weighted by Crippen LogP contribution is -2.32. The molecule has 0 heterocycles. The van der Waals surface area contributed by atoms with Crippen molar-refractivity contribution in [2.75, 3.05) is 6.54 Å². The van der Waals surface area contributed by atoms with Crippen molar-refractivity contribution >= 4 is 6.09 Å². The number of carbonyl (C=O) groups is 1. The van der Waals surface area contributed by atoms with E-state index >= 15 is 0 Å². The van der Waals surface area contributed by atoms with Crippen LogP contribution in [0.3, 0.4) is 0 Å². The zero-order valence-electron chi connectivity index (χ0n) is 10.5. The van der Waals surface area contributed by atoms with Gasteiger partial charge in [0.05, 0.1) is 6.54 Å². The molecular formula is C13H19NO3. The predicted octanol–water partition coefficient (Wildman–Crippen LogP) is 3.31. The summed E-state index contributed by atoms with van der Waals surface area (Å²) in [6.45, 7) is 6.39. The van der Waals surface area contributed by atoms with Gasteiger partial charge in [0.1, 0.15) is 5.75 Å². The number of para-hydroxylation sites is 1. The lowest BCUT2D eigenvalue weighted by molar-refractivity contribution is -0.0655. The van der Waals surface area contributed by atoms with E-state index in [0.29, 0.717) is 17.2 Å². The predicted molar refractivity (Wildman–Crippen MR) is 65.0 cm³/mol. The maximum absolute atomic E-state index is 11.5. The van der Waals surface area contributed by atoms with E-state index in [2.05, 4.69) is 0 Å². The number of amides is 1. The second-order valence-corrected chi connectivity index (χ2v) is 5.11. The first kappa shape index (κ1) is 13.5. The zero-order chi connectivity index (χ0) is 12.9. The standard InChI is InChI=1S/C13H19NO3/c1-13(2,3)9-10-14(16)12(15)17-11-7-5-4-6-8-11/h4-8,16H,9-10H2,1-3H3. The summed E-state index contributed by atoms with van der Waals surface area (Å²) in [6, 6.07) is 8.68. The lowest BCUT2D eigenvalue weighted by atomic mass is 9.92. The number of benzene rings is 1. The van der Waals surface area contributed by atoms with Crippen molar-refractivity contribution in [2.24, 2.45) is 5.41 Å². The molecule has 1 aromatic rings. The highest BCUT2D eigenvalue weighted by molar-refractivity contribution is 5.69. The molecule has 0 aromatic heterocycles. The minimum atomic E-state index is -0.750. The molecule has 4 nitrogen and oxygen atoms in total. The molecule has 94 valence electrons. The van der Waals surface area contributed by atoms with Gasteiger partial charge in [0.25, 0.3) is 0 Å². The van der Waals surface area contributed by atoms with Crippen LogP contribution in [0, 0.1) is 5.41 Å². The Bertz CT molecular complexity index is 357. The largest absolute Gasteiger partial charge is 0.439 e. The number of rotatable bonds is 3. The Hall–Kier alpha value is -1.55. The van der Waals surface area contributed by atoms with Gasteiger partial charge >= 0.3 is 6.09 Å². The summed E-state index contributed by atoms with van der Waals surface area (Å²) in [7, 11) is 0. The van der Waals surface area contributed by atoms with E-state index in [1.165, 1.54) is 0 Å². The maximum atomic E-state index is 11.5. The molecule has 1 aromatic carbocycles. The summed E-state index contributed by atoms with van der Waals surface area (Å²) in [6.07, 6.45) is -0.0478. The van der Waals surface area contributed by atoms with E-state index in [1.807, 2.05) is 26.8 Å². The first-order chi connectivity index (χ1) is 7.88. The van der Waals surface area contributed by atoms with Crippen LogP contribution in [0.15, 0.2) is 30.3 Å². The van der Waals surface area contributed by atoms with Gasteiger partial charge in [-0.15, -0.1) is 0 Å². The third-order valence-electron chi connectivity index (χ3n) is 2.23. The van der Waals surface area contributed by atoms with Crippen LogP contribution >= 0.6 is 0 Å². The smallest absolute Gasteiger partial charge is 0.409 e. The minimum absolute atomic E-state index is 0.0635. The van der Waals surface area contributed by atoms with Crippen LogP contribution in [0.2, 0.25) is 0 Å². The number of carbonyl (C=O) groups excluding carboxylic acids is 1. The van der Waals surface area contributed by atoms with Gasteiger partial charge in [0, 0.05) is 0 Å². The fourth-order valence-corrected chi connectivity index (χ4v) is 1.17. The molecule has 1 amide bonds. The van der Waals surface area contributed by atoms with Gasteiger partial charge in [-0.3, -0.25) is 5.21 Å². The Labute approximate surface area is 102 Å². The number of hydrogen-bond acceptors (Lipinski definition) is 3. The van der Waals surface area contributed by atoms with E-state index < -0.39 is 6.09 Å². The Balaban J connectivity index is 2.43. The summed E-state index contributed by atoms with van der Waals surface area (Å²) in [5, 5.41) is 10.1. The second kappa shape index (κ2) is 5.68. The number of hydroxylamine groups is 2. The normalized spacial score (nSPS) is 11.1. The molecule has 0 unspecified atom stereocenters. The maximum Gasteiger partial charge on any atom is 0.439 e. The van der Waals surface area contributed by atoms with E-state index in [9.17, 15) is 10.0 Å². The molecule has 0 spiro atoms. The molecule has 0 bridgehead atoms. The molecule has 0 aliphatic rings. The van der Waals surface area contributed by atoms with E-state index in [-0.39, 0.29) is 12.0 Å². The molecule has 0 aliphatic carbocycles. The molecule has 1 rings (SSSR count). The van der Waals surface area contributed by atoms with Gasteiger partial charge in [-0.05, 0) is 24.0 Å². The van der Waals surface area contributed by atoms with Crippen LogP contribution < -0.4 is 4.74 Å². The molecule has 1 N–H and O–H groups in total. The Morgan fingerprint density at radius 3 is 2.41 bits per heavy atom. The molecule has 0 aliphatic heterocycles. The molecule has 17 heavy (non-hydrogen) atoms. The summed E-state index contributed by atoms with van der Waals surface area (Å²) < 4.78 is 4.98. The van der Waals surface area contributed by atoms with Crippen molar-refractivity contribution < 1.29 is 14.7 Å². The fraction of sp³-hybridized carbons (Fsp3) is 0.462. The van der Waals surface area contributed by atoms with Crippen molar-refractivity contribution in [3.05, 3.63) is 30.3 Å². The van der Waals surface area contributed by atoms with Crippen LogP contribution in [0.5, 0.6) is 5.75 Å². The Morgan fingerprint density at radius 1 is 1.29 bits per heavy atom.